The minimum absolute atomic E-state index is 0.0670. The van der Waals surface area contributed by atoms with Crippen molar-refractivity contribution in [2.45, 2.75) is 25.5 Å². The van der Waals surface area contributed by atoms with Crippen LogP contribution in [0.4, 0.5) is 5.69 Å². The maximum atomic E-state index is 12.0. The minimum atomic E-state index is -0.0670. The number of hydrogen-bond acceptors (Lipinski definition) is 4. The van der Waals surface area contributed by atoms with Gasteiger partial charge in [-0.15, -0.1) is 0 Å². The van der Waals surface area contributed by atoms with Crippen molar-refractivity contribution < 1.29 is 4.79 Å². The van der Waals surface area contributed by atoms with Gasteiger partial charge in [0.15, 0.2) is 0 Å². The summed E-state index contributed by atoms with van der Waals surface area (Å²) in [6, 6.07) is 1.84. The van der Waals surface area contributed by atoms with E-state index in [9.17, 15) is 4.79 Å². The Balaban J connectivity index is 2.66. The van der Waals surface area contributed by atoms with E-state index in [0.29, 0.717) is 17.4 Å². The second-order valence-corrected chi connectivity index (χ2v) is 5.38. The molecule has 0 saturated carbocycles. The molecule has 0 saturated heterocycles. The molecule has 2 N–H and O–H groups in total. The van der Waals surface area contributed by atoms with Crippen LogP contribution in [0.25, 0.3) is 0 Å². The highest BCUT2D eigenvalue weighted by Crippen LogP contribution is 2.13. The van der Waals surface area contributed by atoms with E-state index in [-0.39, 0.29) is 5.91 Å². The van der Waals surface area contributed by atoms with E-state index in [1.807, 2.05) is 12.3 Å². The van der Waals surface area contributed by atoms with Gasteiger partial charge in [-0.25, -0.2) is 0 Å². The van der Waals surface area contributed by atoms with Crippen LogP contribution in [0.3, 0.4) is 0 Å². The van der Waals surface area contributed by atoms with E-state index in [2.05, 4.69) is 29.5 Å². The normalized spacial score (nSPS) is 11.9. The van der Waals surface area contributed by atoms with Crippen LogP contribution < -0.4 is 10.6 Å². The van der Waals surface area contributed by atoms with Crippen molar-refractivity contribution in [3.05, 3.63) is 24.0 Å². The molecule has 18 heavy (non-hydrogen) atoms. The van der Waals surface area contributed by atoms with Gasteiger partial charge in [-0.05, 0) is 18.7 Å². The number of nitrogens with one attached hydrogen (secondary N) is 2. The lowest BCUT2D eigenvalue weighted by Crippen LogP contribution is -2.30. The maximum Gasteiger partial charge on any atom is 0.254 e. The molecule has 0 aliphatic carbocycles. The van der Waals surface area contributed by atoms with Gasteiger partial charge in [-0.1, -0.05) is 13.8 Å². The highest BCUT2D eigenvalue weighted by atomic mass is 32.2. The molecule has 0 radical (unpaired) electrons. The minimum Gasteiger partial charge on any atom is -0.384 e. The average molecular weight is 267 g/mol. The zero-order valence-electron chi connectivity index (χ0n) is 11.2. The van der Waals surface area contributed by atoms with Crippen molar-refractivity contribution in [3.63, 3.8) is 0 Å². The Morgan fingerprint density at radius 1 is 1.56 bits per heavy atom. The van der Waals surface area contributed by atoms with E-state index in [0.717, 1.165) is 18.7 Å². The van der Waals surface area contributed by atoms with Crippen LogP contribution in [0.2, 0.25) is 0 Å². The smallest absolute Gasteiger partial charge is 0.254 e. The quantitative estimate of drug-likeness (QED) is 0.796. The fourth-order valence-corrected chi connectivity index (χ4v) is 1.65. The third-order valence-electron chi connectivity index (χ3n) is 2.58. The number of amides is 1. The van der Waals surface area contributed by atoms with Crippen molar-refractivity contribution in [1.29, 1.82) is 0 Å². The summed E-state index contributed by atoms with van der Waals surface area (Å²) in [5, 5.41) is 6.58. The van der Waals surface area contributed by atoms with Crippen LogP contribution in [0.1, 0.15) is 30.6 Å². The van der Waals surface area contributed by atoms with Crippen molar-refractivity contribution in [1.82, 2.24) is 10.3 Å². The fraction of sp³-hybridized carbons (Fsp3) is 0.538. The Morgan fingerprint density at radius 3 is 3.00 bits per heavy atom. The molecule has 1 heterocycles. The highest BCUT2D eigenvalue weighted by Gasteiger charge is 2.11. The maximum absolute atomic E-state index is 12.0. The first kappa shape index (κ1) is 14.8. The Kier molecular flexibility index (Phi) is 6.57. The summed E-state index contributed by atoms with van der Waals surface area (Å²) in [6.45, 7) is 5.70. The molecule has 0 aliphatic rings. The fourth-order valence-electron chi connectivity index (χ4n) is 1.40. The van der Waals surface area contributed by atoms with E-state index in [1.54, 1.807) is 24.2 Å². The van der Waals surface area contributed by atoms with Gasteiger partial charge in [0.1, 0.15) is 0 Å². The molecule has 5 heteroatoms. The van der Waals surface area contributed by atoms with E-state index >= 15 is 0 Å². The lowest BCUT2D eigenvalue weighted by atomic mass is 10.2. The number of hydrogen-bond donors (Lipinski definition) is 2. The summed E-state index contributed by atoms with van der Waals surface area (Å²) >= 11 is 1.73. The number of carbonyl (C=O) groups excluding carboxylic acids is 1. The SMILES string of the molecule is CCCNc1ccncc1C(=O)NCC(C)SC. The first-order valence-electron chi connectivity index (χ1n) is 6.17. The first-order valence-corrected chi connectivity index (χ1v) is 7.46. The molecule has 0 aromatic carbocycles. The van der Waals surface area contributed by atoms with Crippen LogP contribution in [0, 0.1) is 0 Å². The van der Waals surface area contributed by atoms with Gasteiger partial charge in [0.25, 0.3) is 5.91 Å². The monoisotopic (exact) mass is 267 g/mol. The Bertz CT molecular complexity index is 384. The molecule has 1 aromatic heterocycles. The summed E-state index contributed by atoms with van der Waals surface area (Å²) in [5.74, 6) is -0.0670. The Labute approximate surface area is 113 Å². The molecule has 1 unspecified atom stereocenters. The number of aromatic nitrogens is 1. The van der Waals surface area contributed by atoms with Crippen LogP contribution in [0.5, 0.6) is 0 Å². The largest absolute Gasteiger partial charge is 0.384 e. The third-order valence-corrected chi connectivity index (χ3v) is 3.56. The first-order chi connectivity index (χ1) is 8.69. The summed E-state index contributed by atoms with van der Waals surface area (Å²) in [6.07, 6.45) is 6.36. The van der Waals surface area contributed by atoms with Crippen LogP contribution in [-0.2, 0) is 0 Å². The van der Waals surface area contributed by atoms with Gasteiger partial charge in [0.2, 0.25) is 0 Å². The molecule has 0 fully saturated rings. The van der Waals surface area contributed by atoms with Crippen LogP contribution >= 0.6 is 11.8 Å². The molecule has 1 atom stereocenters. The predicted molar refractivity (Wildman–Crippen MR) is 78.3 cm³/mol. The van der Waals surface area contributed by atoms with Gasteiger partial charge < -0.3 is 10.6 Å². The average Bonchev–Trinajstić information content (AvgIpc) is 2.42. The Morgan fingerprint density at radius 2 is 2.33 bits per heavy atom. The van der Waals surface area contributed by atoms with Gasteiger partial charge in [0, 0.05) is 30.7 Å². The lowest BCUT2D eigenvalue weighted by molar-refractivity contribution is 0.0954. The number of pyridine rings is 1. The standard InChI is InChI=1S/C13H21N3OS/c1-4-6-15-12-5-7-14-9-11(12)13(17)16-8-10(2)18-3/h5,7,9-10H,4,6,8H2,1-3H3,(H,14,15)(H,16,17). The summed E-state index contributed by atoms with van der Waals surface area (Å²) in [5.41, 5.74) is 1.46. The van der Waals surface area contributed by atoms with Gasteiger partial charge >= 0.3 is 0 Å². The van der Waals surface area contributed by atoms with Gasteiger partial charge in [-0.2, -0.15) is 11.8 Å². The molecular formula is C13H21N3OS. The van der Waals surface area contributed by atoms with Crippen molar-refractivity contribution in [2.24, 2.45) is 0 Å². The van der Waals surface area contributed by atoms with Crippen LogP contribution in [-0.4, -0.2) is 35.5 Å². The number of anilines is 1. The predicted octanol–water partition coefficient (Wildman–Crippen LogP) is 2.38. The van der Waals surface area contributed by atoms with E-state index in [4.69, 9.17) is 0 Å². The number of rotatable bonds is 7. The number of carbonyl (C=O) groups is 1. The molecule has 1 aromatic rings. The van der Waals surface area contributed by atoms with Gasteiger partial charge in [-0.3, -0.25) is 9.78 Å². The van der Waals surface area contributed by atoms with Crippen molar-refractivity contribution in [3.8, 4) is 0 Å². The second kappa shape index (κ2) is 7.97. The Hall–Kier alpha value is -1.23. The van der Waals surface area contributed by atoms with Crippen molar-refractivity contribution in [2.75, 3.05) is 24.7 Å². The number of thioether (sulfide) groups is 1. The summed E-state index contributed by atoms with van der Waals surface area (Å²) in [7, 11) is 0. The molecule has 1 amide bonds. The molecule has 0 bridgehead atoms. The zero-order chi connectivity index (χ0) is 13.4. The van der Waals surface area contributed by atoms with E-state index < -0.39 is 0 Å². The molecule has 1 rings (SSSR count). The highest BCUT2D eigenvalue weighted by molar-refractivity contribution is 7.99. The molecule has 4 nitrogen and oxygen atoms in total. The molecular weight excluding hydrogens is 246 g/mol. The van der Waals surface area contributed by atoms with E-state index in [1.165, 1.54) is 0 Å². The number of nitrogens with zero attached hydrogens (tertiary/aromatic N) is 1. The van der Waals surface area contributed by atoms with Gasteiger partial charge in [0.05, 0.1) is 11.3 Å². The molecule has 0 spiro atoms. The zero-order valence-corrected chi connectivity index (χ0v) is 12.0. The topological polar surface area (TPSA) is 54.0 Å². The second-order valence-electron chi connectivity index (χ2n) is 4.10. The molecule has 0 aliphatic heterocycles. The van der Waals surface area contributed by atoms with Crippen LogP contribution in [0.15, 0.2) is 18.5 Å². The summed E-state index contributed by atoms with van der Waals surface area (Å²) in [4.78, 5) is 16.1. The lowest BCUT2D eigenvalue weighted by Gasteiger charge is -2.13. The molecule has 100 valence electrons. The van der Waals surface area contributed by atoms with Crippen molar-refractivity contribution >= 4 is 23.4 Å². The summed E-state index contributed by atoms with van der Waals surface area (Å²) < 4.78 is 0. The third kappa shape index (κ3) is 4.56.